The van der Waals surface area contributed by atoms with Crippen LogP contribution in [0.2, 0.25) is 0 Å². The summed E-state index contributed by atoms with van der Waals surface area (Å²) < 4.78 is 34.7. The number of rotatable bonds is 11. The molecule has 0 saturated carbocycles. The van der Waals surface area contributed by atoms with E-state index in [0.717, 1.165) is 15.4 Å². The molecule has 3 rings (SSSR count). The van der Waals surface area contributed by atoms with Crippen LogP contribution in [0.1, 0.15) is 31.9 Å². The van der Waals surface area contributed by atoms with E-state index < -0.39 is 28.5 Å². The minimum atomic E-state index is -4.18. The van der Waals surface area contributed by atoms with Gasteiger partial charge in [0.25, 0.3) is 10.0 Å². The van der Waals surface area contributed by atoms with Crippen LogP contribution in [0.3, 0.4) is 0 Å². The topological polar surface area (TPSA) is 96.0 Å². The van der Waals surface area contributed by atoms with E-state index in [9.17, 15) is 18.0 Å². The second-order valence-electron chi connectivity index (χ2n) is 9.49. The molecule has 0 heterocycles. The number of carbonyl (C=O) groups is 2. The lowest BCUT2D eigenvalue weighted by Crippen LogP contribution is -2.52. The van der Waals surface area contributed by atoms with E-state index in [1.807, 2.05) is 51.1 Å². The van der Waals surface area contributed by atoms with Gasteiger partial charge in [0.1, 0.15) is 18.3 Å². The van der Waals surface area contributed by atoms with Crippen molar-refractivity contribution in [3.63, 3.8) is 0 Å². The molecule has 0 saturated heterocycles. The Hall–Kier alpha value is -3.37. The zero-order valence-corrected chi connectivity index (χ0v) is 25.1. The van der Waals surface area contributed by atoms with Crippen LogP contribution in [-0.2, 0) is 26.2 Å². The number of nitrogens with one attached hydrogen (secondary N) is 1. The molecule has 3 aromatic rings. The molecule has 39 heavy (non-hydrogen) atoms. The van der Waals surface area contributed by atoms with Gasteiger partial charge in [-0.05, 0) is 79.5 Å². The number of hydrogen-bond donors (Lipinski definition) is 1. The maximum absolute atomic E-state index is 13.9. The van der Waals surface area contributed by atoms with Crippen molar-refractivity contribution in [1.82, 2.24) is 10.2 Å². The van der Waals surface area contributed by atoms with Crippen LogP contribution in [0.4, 0.5) is 5.69 Å². The standard InChI is InChI=1S/C29H34BrN3O5S/c1-20(2)31-29(35)22(4)32(18-23-9-7-6-8-10-23)28(34)19-33(24-13-11-21(3)12-14-24)39(36,37)25-15-16-27(38-5)26(30)17-25/h6-17,20,22H,18-19H2,1-5H3,(H,31,35). The van der Waals surface area contributed by atoms with E-state index in [2.05, 4.69) is 21.2 Å². The van der Waals surface area contributed by atoms with Crippen molar-refractivity contribution >= 4 is 43.5 Å². The second kappa shape index (κ2) is 13.1. The fraction of sp³-hybridized carbons (Fsp3) is 0.310. The van der Waals surface area contributed by atoms with Gasteiger partial charge in [0.15, 0.2) is 0 Å². The molecule has 0 spiro atoms. The Morgan fingerprint density at radius 1 is 0.974 bits per heavy atom. The molecule has 1 unspecified atom stereocenters. The van der Waals surface area contributed by atoms with Gasteiger partial charge in [0.2, 0.25) is 11.8 Å². The predicted octanol–water partition coefficient (Wildman–Crippen LogP) is 4.90. The third-order valence-electron chi connectivity index (χ3n) is 6.11. The van der Waals surface area contributed by atoms with Gasteiger partial charge in [-0.3, -0.25) is 13.9 Å². The lowest BCUT2D eigenvalue weighted by molar-refractivity contribution is -0.139. The van der Waals surface area contributed by atoms with Gasteiger partial charge in [-0.25, -0.2) is 8.42 Å². The van der Waals surface area contributed by atoms with E-state index in [4.69, 9.17) is 4.74 Å². The first-order valence-electron chi connectivity index (χ1n) is 12.5. The SMILES string of the molecule is COc1ccc(S(=O)(=O)N(CC(=O)N(Cc2ccccc2)C(C)C(=O)NC(C)C)c2ccc(C)cc2)cc1Br. The van der Waals surface area contributed by atoms with E-state index in [0.29, 0.717) is 15.9 Å². The predicted molar refractivity (Wildman–Crippen MR) is 156 cm³/mol. The van der Waals surface area contributed by atoms with Crippen molar-refractivity contribution in [1.29, 1.82) is 0 Å². The van der Waals surface area contributed by atoms with Crippen molar-refractivity contribution in [3.8, 4) is 5.75 Å². The molecule has 10 heteroatoms. The van der Waals surface area contributed by atoms with Crippen LogP contribution in [0, 0.1) is 6.92 Å². The largest absolute Gasteiger partial charge is 0.496 e. The zero-order chi connectivity index (χ0) is 28.7. The average molecular weight is 617 g/mol. The Bertz CT molecular complexity index is 1400. The number of ether oxygens (including phenoxy) is 1. The number of sulfonamides is 1. The minimum Gasteiger partial charge on any atom is -0.496 e. The highest BCUT2D eigenvalue weighted by atomic mass is 79.9. The first kappa shape index (κ1) is 30.2. The molecule has 0 aliphatic heterocycles. The summed E-state index contributed by atoms with van der Waals surface area (Å²) in [5.41, 5.74) is 2.10. The summed E-state index contributed by atoms with van der Waals surface area (Å²) >= 11 is 3.35. The molecule has 0 aliphatic carbocycles. The van der Waals surface area contributed by atoms with E-state index in [-0.39, 0.29) is 23.4 Å². The summed E-state index contributed by atoms with van der Waals surface area (Å²) in [7, 11) is -2.69. The number of hydrogen-bond acceptors (Lipinski definition) is 5. The fourth-order valence-electron chi connectivity index (χ4n) is 3.94. The highest BCUT2D eigenvalue weighted by Gasteiger charge is 2.33. The lowest BCUT2D eigenvalue weighted by Gasteiger charge is -2.32. The Morgan fingerprint density at radius 2 is 1.62 bits per heavy atom. The van der Waals surface area contributed by atoms with E-state index in [1.165, 1.54) is 24.1 Å². The Labute approximate surface area is 239 Å². The van der Waals surface area contributed by atoms with Crippen LogP contribution in [0.25, 0.3) is 0 Å². The molecule has 0 aliphatic rings. The number of methoxy groups -OCH3 is 1. The zero-order valence-electron chi connectivity index (χ0n) is 22.7. The fourth-order valence-corrected chi connectivity index (χ4v) is 6.08. The molecule has 2 amide bonds. The molecule has 0 aromatic heterocycles. The van der Waals surface area contributed by atoms with Gasteiger partial charge in [0.05, 0.1) is 22.2 Å². The molecular formula is C29H34BrN3O5S. The molecule has 1 N–H and O–H groups in total. The molecule has 3 aromatic carbocycles. The van der Waals surface area contributed by atoms with Gasteiger partial charge in [-0.15, -0.1) is 0 Å². The number of halogens is 1. The molecule has 0 radical (unpaired) electrons. The van der Waals surface area contributed by atoms with Crippen molar-refractivity contribution in [2.45, 2.75) is 51.2 Å². The second-order valence-corrected chi connectivity index (χ2v) is 12.2. The van der Waals surface area contributed by atoms with Crippen LogP contribution in [0.5, 0.6) is 5.75 Å². The molecular weight excluding hydrogens is 582 g/mol. The smallest absolute Gasteiger partial charge is 0.264 e. The summed E-state index contributed by atoms with van der Waals surface area (Å²) in [5, 5.41) is 2.85. The Morgan fingerprint density at radius 3 is 2.18 bits per heavy atom. The van der Waals surface area contributed by atoms with Crippen molar-refractivity contribution in [2.24, 2.45) is 0 Å². The monoisotopic (exact) mass is 615 g/mol. The van der Waals surface area contributed by atoms with Crippen molar-refractivity contribution in [3.05, 3.63) is 88.4 Å². The van der Waals surface area contributed by atoms with Crippen LogP contribution in [0.15, 0.2) is 82.2 Å². The van der Waals surface area contributed by atoms with Gasteiger partial charge in [-0.2, -0.15) is 0 Å². The summed E-state index contributed by atoms with van der Waals surface area (Å²) in [6.45, 7) is 6.86. The Balaban J connectivity index is 2.04. The maximum atomic E-state index is 13.9. The number of amides is 2. The van der Waals surface area contributed by atoms with E-state index >= 15 is 0 Å². The minimum absolute atomic E-state index is 0.0104. The molecule has 1 atom stereocenters. The number of nitrogens with zero attached hydrogens (tertiary/aromatic N) is 2. The highest BCUT2D eigenvalue weighted by molar-refractivity contribution is 9.10. The Kier molecular flexibility index (Phi) is 10.2. The quantitative estimate of drug-likeness (QED) is 0.331. The average Bonchev–Trinajstić information content (AvgIpc) is 2.90. The first-order chi connectivity index (χ1) is 18.4. The first-order valence-corrected chi connectivity index (χ1v) is 14.7. The number of anilines is 1. The summed E-state index contributed by atoms with van der Waals surface area (Å²) in [4.78, 5) is 28.2. The molecule has 0 bridgehead atoms. The number of carbonyl (C=O) groups excluding carboxylic acids is 2. The van der Waals surface area contributed by atoms with Crippen LogP contribution >= 0.6 is 15.9 Å². The van der Waals surface area contributed by atoms with Crippen molar-refractivity contribution in [2.75, 3.05) is 18.0 Å². The maximum Gasteiger partial charge on any atom is 0.264 e. The summed E-state index contributed by atoms with van der Waals surface area (Å²) in [6, 6.07) is 19.6. The summed E-state index contributed by atoms with van der Waals surface area (Å²) in [6.07, 6.45) is 0. The van der Waals surface area contributed by atoms with E-state index in [1.54, 1.807) is 37.3 Å². The lowest BCUT2D eigenvalue weighted by atomic mass is 10.1. The molecule has 0 fully saturated rings. The van der Waals surface area contributed by atoms with Crippen LogP contribution in [-0.4, -0.2) is 50.9 Å². The third kappa shape index (κ3) is 7.60. The third-order valence-corrected chi connectivity index (χ3v) is 8.50. The normalized spacial score (nSPS) is 12.1. The molecule has 208 valence electrons. The molecule has 8 nitrogen and oxygen atoms in total. The van der Waals surface area contributed by atoms with Gasteiger partial charge < -0.3 is 15.0 Å². The summed E-state index contributed by atoms with van der Waals surface area (Å²) in [5.74, 6) is -0.356. The van der Waals surface area contributed by atoms with Crippen LogP contribution < -0.4 is 14.4 Å². The van der Waals surface area contributed by atoms with Gasteiger partial charge in [-0.1, -0.05) is 48.0 Å². The van der Waals surface area contributed by atoms with Gasteiger partial charge in [0, 0.05) is 12.6 Å². The van der Waals surface area contributed by atoms with Gasteiger partial charge >= 0.3 is 0 Å². The highest BCUT2D eigenvalue weighted by Crippen LogP contribution is 2.31. The van der Waals surface area contributed by atoms with Crippen molar-refractivity contribution < 1.29 is 22.7 Å². The number of aryl methyl sites for hydroxylation is 1. The number of benzene rings is 3.